The summed E-state index contributed by atoms with van der Waals surface area (Å²) >= 11 is 1.97. The molecule has 3 rings (SSSR count). The molecular weight excluding hydrogens is 250 g/mol. The standard InChI is InChI=1S/C5H11N.C4H8O2.C4H8OS/c1-2-4-6-5-3-1;1-2-6-4-3-5-1;1-3-6-4-2-5-1/h6H,1-5H2;2*1-4H2. The molecule has 0 aromatic rings. The molecule has 3 aliphatic heterocycles. The van der Waals surface area contributed by atoms with E-state index < -0.39 is 0 Å². The minimum absolute atomic E-state index is 0.778. The molecule has 0 radical (unpaired) electrons. The van der Waals surface area contributed by atoms with Crippen LogP contribution in [-0.4, -0.2) is 64.2 Å². The van der Waals surface area contributed by atoms with Gasteiger partial charge >= 0.3 is 0 Å². The molecule has 1 N–H and O–H groups in total. The van der Waals surface area contributed by atoms with Crippen LogP contribution in [0.1, 0.15) is 19.3 Å². The highest BCUT2D eigenvalue weighted by Crippen LogP contribution is 2.03. The maximum absolute atomic E-state index is 5.05. The zero-order chi connectivity index (χ0) is 12.7. The molecule has 0 unspecified atom stereocenters. The van der Waals surface area contributed by atoms with Crippen LogP contribution >= 0.6 is 11.8 Å². The van der Waals surface area contributed by atoms with Crippen molar-refractivity contribution >= 4 is 11.8 Å². The van der Waals surface area contributed by atoms with Gasteiger partial charge in [-0.15, -0.1) is 0 Å². The normalized spacial score (nSPS) is 24.0. The third kappa shape index (κ3) is 11.3. The van der Waals surface area contributed by atoms with Crippen molar-refractivity contribution in [3.63, 3.8) is 0 Å². The maximum atomic E-state index is 5.05. The lowest BCUT2D eigenvalue weighted by Gasteiger charge is -2.09. The van der Waals surface area contributed by atoms with E-state index in [0.29, 0.717) is 0 Å². The molecule has 3 heterocycles. The third-order valence-corrected chi connectivity index (χ3v) is 3.61. The molecule has 0 aromatic carbocycles. The molecular formula is C13H27NO3S. The van der Waals surface area contributed by atoms with Gasteiger partial charge in [-0.3, -0.25) is 0 Å². The highest BCUT2D eigenvalue weighted by atomic mass is 32.2. The number of thioether (sulfide) groups is 1. The smallest absolute Gasteiger partial charge is 0.0701 e. The van der Waals surface area contributed by atoms with Crippen molar-refractivity contribution in [3.8, 4) is 0 Å². The lowest BCUT2D eigenvalue weighted by atomic mass is 10.2. The van der Waals surface area contributed by atoms with Crippen LogP contribution in [0, 0.1) is 0 Å². The van der Waals surface area contributed by atoms with Gasteiger partial charge in [-0.25, -0.2) is 0 Å². The highest BCUT2D eigenvalue weighted by molar-refractivity contribution is 7.99. The quantitative estimate of drug-likeness (QED) is 0.727. The van der Waals surface area contributed by atoms with E-state index in [9.17, 15) is 0 Å². The summed E-state index contributed by atoms with van der Waals surface area (Å²) in [5.74, 6) is 2.39. The molecule has 18 heavy (non-hydrogen) atoms. The van der Waals surface area contributed by atoms with Gasteiger partial charge in [0.1, 0.15) is 0 Å². The first-order valence-corrected chi connectivity index (χ1v) is 8.17. The van der Waals surface area contributed by atoms with Crippen LogP contribution in [0.25, 0.3) is 0 Å². The van der Waals surface area contributed by atoms with Gasteiger partial charge in [-0.1, -0.05) is 6.42 Å². The van der Waals surface area contributed by atoms with Crippen LogP contribution in [-0.2, 0) is 14.2 Å². The van der Waals surface area contributed by atoms with Gasteiger partial charge in [0.25, 0.3) is 0 Å². The first-order chi connectivity index (χ1) is 9.00. The fourth-order valence-corrected chi connectivity index (χ4v) is 2.36. The molecule has 4 nitrogen and oxygen atoms in total. The first-order valence-electron chi connectivity index (χ1n) is 7.02. The van der Waals surface area contributed by atoms with Gasteiger partial charge < -0.3 is 19.5 Å². The van der Waals surface area contributed by atoms with E-state index >= 15 is 0 Å². The van der Waals surface area contributed by atoms with E-state index in [-0.39, 0.29) is 0 Å². The van der Waals surface area contributed by atoms with Crippen molar-refractivity contribution in [2.75, 3.05) is 64.2 Å². The summed E-state index contributed by atoms with van der Waals surface area (Å²) in [6.45, 7) is 7.54. The van der Waals surface area contributed by atoms with E-state index in [1.54, 1.807) is 0 Å². The molecule has 0 bridgehead atoms. The molecule has 0 spiro atoms. The Bertz CT molecular complexity index is 97.3. The van der Waals surface area contributed by atoms with Crippen LogP contribution in [0.5, 0.6) is 0 Å². The van der Waals surface area contributed by atoms with Crippen LogP contribution in [0.3, 0.4) is 0 Å². The zero-order valence-electron chi connectivity index (χ0n) is 11.3. The van der Waals surface area contributed by atoms with Crippen molar-refractivity contribution in [2.45, 2.75) is 19.3 Å². The van der Waals surface area contributed by atoms with Gasteiger partial charge in [0.05, 0.1) is 39.6 Å². The average molecular weight is 277 g/mol. The van der Waals surface area contributed by atoms with Gasteiger partial charge in [0.2, 0.25) is 0 Å². The minimum atomic E-state index is 0.778. The van der Waals surface area contributed by atoms with Gasteiger partial charge in [0.15, 0.2) is 0 Å². The molecule has 0 atom stereocenters. The summed E-state index contributed by atoms with van der Waals surface area (Å²) < 4.78 is 14.9. The maximum Gasteiger partial charge on any atom is 0.0701 e. The number of piperidine rings is 1. The SMILES string of the molecule is C1CCNCC1.C1COCCO1.C1CSCCO1. The van der Waals surface area contributed by atoms with Crippen molar-refractivity contribution < 1.29 is 14.2 Å². The molecule has 0 aromatic heterocycles. The predicted molar refractivity (Wildman–Crippen MR) is 76.5 cm³/mol. The van der Waals surface area contributed by atoms with E-state index in [1.807, 2.05) is 11.8 Å². The Kier molecular flexibility index (Phi) is 12.3. The molecule has 108 valence electrons. The highest BCUT2D eigenvalue weighted by Gasteiger charge is 1.95. The first kappa shape index (κ1) is 16.2. The predicted octanol–water partition coefficient (Wildman–Crippen LogP) is 1.54. The second kappa shape index (κ2) is 13.6. The van der Waals surface area contributed by atoms with Crippen molar-refractivity contribution in [3.05, 3.63) is 0 Å². The second-order valence-corrected chi connectivity index (χ2v) is 5.48. The number of rotatable bonds is 0. The number of nitrogens with one attached hydrogen (secondary N) is 1. The minimum Gasteiger partial charge on any atom is -0.380 e. The van der Waals surface area contributed by atoms with E-state index in [2.05, 4.69) is 5.32 Å². The Morgan fingerprint density at radius 1 is 0.611 bits per heavy atom. The fraction of sp³-hybridized carbons (Fsp3) is 1.00. The Hall–Kier alpha value is 0.190. The van der Waals surface area contributed by atoms with Gasteiger partial charge in [-0.05, 0) is 25.9 Å². The number of hydrogen-bond acceptors (Lipinski definition) is 5. The summed E-state index contributed by atoms with van der Waals surface area (Å²) in [5, 5.41) is 3.28. The van der Waals surface area contributed by atoms with Gasteiger partial charge in [-0.2, -0.15) is 11.8 Å². The third-order valence-electron chi connectivity index (χ3n) is 2.70. The Morgan fingerprint density at radius 3 is 1.28 bits per heavy atom. The Morgan fingerprint density at radius 2 is 1.11 bits per heavy atom. The summed E-state index contributed by atoms with van der Waals surface area (Å²) in [6, 6.07) is 0. The molecule has 0 saturated carbocycles. The van der Waals surface area contributed by atoms with Crippen LogP contribution in [0.2, 0.25) is 0 Å². The average Bonchev–Trinajstić information content (AvgIpc) is 2.54. The van der Waals surface area contributed by atoms with Crippen LogP contribution in [0.4, 0.5) is 0 Å². The van der Waals surface area contributed by atoms with Crippen LogP contribution in [0.15, 0.2) is 0 Å². The van der Waals surface area contributed by atoms with Crippen molar-refractivity contribution in [1.82, 2.24) is 5.32 Å². The van der Waals surface area contributed by atoms with Crippen molar-refractivity contribution in [1.29, 1.82) is 0 Å². The summed E-state index contributed by atoms with van der Waals surface area (Å²) in [6.07, 6.45) is 4.22. The lowest BCUT2D eigenvalue weighted by molar-refractivity contribution is -0.0334. The topological polar surface area (TPSA) is 39.7 Å². The fourth-order valence-electron chi connectivity index (χ4n) is 1.68. The number of hydrogen-bond donors (Lipinski definition) is 1. The largest absolute Gasteiger partial charge is 0.380 e. The Balaban J connectivity index is 0.000000135. The Labute approximate surface area is 115 Å². The second-order valence-electron chi connectivity index (χ2n) is 4.26. The lowest BCUT2D eigenvalue weighted by Crippen LogP contribution is -2.21. The summed E-state index contributed by atoms with van der Waals surface area (Å²) in [5.41, 5.74) is 0. The van der Waals surface area contributed by atoms with E-state index in [0.717, 1.165) is 39.6 Å². The van der Waals surface area contributed by atoms with Gasteiger partial charge in [0, 0.05) is 11.5 Å². The monoisotopic (exact) mass is 277 g/mol. The van der Waals surface area contributed by atoms with Crippen molar-refractivity contribution in [2.24, 2.45) is 0 Å². The molecule has 5 heteroatoms. The van der Waals surface area contributed by atoms with E-state index in [4.69, 9.17) is 14.2 Å². The summed E-state index contributed by atoms with van der Waals surface area (Å²) in [7, 11) is 0. The summed E-state index contributed by atoms with van der Waals surface area (Å²) in [4.78, 5) is 0. The molecule has 0 aliphatic carbocycles. The molecule has 3 saturated heterocycles. The number of ether oxygens (including phenoxy) is 3. The molecule has 3 fully saturated rings. The van der Waals surface area contributed by atoms with Crippen LogP contribution < -0.4 is 5.32 Å². The molecule has 3 aliphatic rings. The van der Waals surface area contributed by atoms with E-state index in [1.165, 1.54) is 43.9 Å². The molecule has 0 amide bonds. The zero-order valence-corrected chi connectivity index (χ0v) is 12.1.